The second-order valence-corrected chi connectivity index (χ2v) is 7.19. The predicted molar refractivity (Wildman–Crippen MR) is 102 cm³/mol. The lowest BCUT2D eigenvalue weighted by molar-refractivity contribution is 0.102. The molecule has 0 aliphatic rings. The highest BCUT2D eigenvalue weighted by molar-refractivity contribution is 7.92. The Morgan fingerprint density at radius 1 is 0.962 bits per heavy atom. The van der Waals surface area contributed by atoms with Crippen molar-refractivity contribution in [2.75, 3.05) is 28.2 Å². The van der Waals surface area contributed by atoms with Crippen LogP contribution in [-0.4, -0.2) is 33.2 Å². The summed E-state index contributed by atoms with van der Waals surface area (Å²) < 4.78 is 25.2. The van der Waals surface area contributed by atoms with E-state index in [1.165, 1.54) is 12.1 Å². The molecule has 8 nitrogen and oxygen atoms in total. The quantitative estimate of drug-likeness (QED) is 0.619. The van der Waals surface area contributed by atoms with Crippen LogP contribution < -0.4 is 20.7 Å². The molecule has 0 unspecified atom stereocenters. The summed E-state index contributed by atoms with van der Waals surface area (Å²) in [5, 5.41) is 7.94. The van der Waals surface area contributed by atoms with Crippen LogP contribution in [0.1, 0.15) is 17.3 Å². The van der Waals surface area contributed by atoms with Crippen molar-refractivity contribution in [2.45, 2.75) is 6.92 Å². The SMILES string of the molecule is CCNC(=O)Nc1cccc(NC(=O)c2ccccc2NS(C)(=O)=O)c1. The third-order valence-corrected chi connectivity index (χ3v) is 3.77. The van der Waals surface area contributed by atoms with Gasteiger partial charge in [-0.05, 0) is 37.3 Å². The Morgan fingerprint density at radius 3 is 2.27 bits per heavy atom. The molecule has 2 aromatic rings. The molecular formula is C17H20N4O4S. The molecular weight excluding hydrogens is 356 g/mol. The monoisotopic (exact) mass is 376 g/mol. The van der Waals surface area contributed by atoms with Crippen molar-refractivity contribution >= 4 is 39.0 Å². The predicted octanol–water partition coefficient (Wildman–Crippen LogP) is 2.45. The van der Waals surface area contributed by atoms with Crippen LogP contribution in [0.2, 0.25) is 0 Å². The van der Waals surface area contributed by atoms with Gasteiger partial charge >= 0.3 is 6.03 Å². The van der Waals surface area contributed by atoms with E-state index in [2.05, 4.69) is 20.7 Å². The highest BCUT2D eigenvalue weighted by Gasteiger charge is 2.14. The Labute approximate surface area is 152 Å². The van der Waals surface area contributed by atoms with E-state index in [0.717, 1.165) is 6.26 Å². The minimum absolute atomic E-state index is 0.181. The molecule has 0 aliphatic carbocycles. The zero-order valence-corrected chi connectivity index (χ0v) is 15.2. The highest BCUT2D eigenvalue weighted by Crippen LogP contribution is 2.20. The van der Waals surface area contributed by atoms with Crippen molar-refractivity contribution in [3.05, 3.63) is 54.1 Å². The minimum Gasteiger partial charge on any atom is -0.338 e. The van der Waals surface area contributed by atoms with Gasteiger partial charge in [-0.1, -0.05) is 18.2 Å². The molecule has 0 aromatic heterocycles. The second-order valence-electron chi connectivity index (χ2n) is 5.44. The van der Waals surface area contributed by atoms with Crippen LogP contribution in [0.5, 0.6) is 0 Å². The normalized spacial score (nSPS) is 10.7. The molecule has 2 rings (SSSR count). The molecule has 26 heavy (non-hydrogen) atoms. The number of sulfonamides is 1. The van der Waals surface area contributed by atoms with Crippen LogP contribution in [0.4, 0.5) is 21.9 Å². The first-order chi connectivity index (χ1) is 12.3. The molecule has 2 aromatic carbocycles. The molecule has 0 fully saturated rings. The highest BCUT2D eigenvalue weighted by atomic mass is 32.2. The molecule has 0 aliphatic heterocycles. The van der Waals surface area contributed by atoms with Crippen LogP contribution >= 0.6 is 0 Å². The maximum atomic E-state index is 12.5. The maximum absolute atomic E-state index is 12.5. The van der Waals surface area contributed by atoms with Crippen molar-refractivity contribution in [1.82, 2.24) is 5.32 Å². The second kappa shape index (κ2) is 8.34. The van der Waals surface area contributed by atoms with Gasteiger partial charge in [0.15, 0.2) is 0 Å². The van der Waals surface area contributed by atoms with E-state index in [-0.39, 0.29) is 17.3 Å². The third kappa shape index (κ3) is 5.78. The first-order valence-electron chi connectivity index (χ1n) is 7.81. The van der Waals surface area contributed by atoms with E-state index >= 15 is 0 Å². The lowest BCUT2D eigenvalue weighted by Gasteiger charge is -2.12. The number of carbonyl (C=O) groups excluding carboxylic acids is 2. The van der Waals surface area contributed by atoms with Crippen molar-refractivity contribution < 1.29 is 18.0 Å². The standard InChI is InChI=1S/C17H20N4O4S/c1-3-18-17(23)20-13-8-6-7-12(11-13)19-16(22)14-9-4-5-10-15(14)21-26(2,24)25/h4-11,21H,3H2,1-2H3,(H,19,22)(H2,18,20,23). The number of hydrogen-bond donors (Lipinski definition) is 4. The van der Waals surface area contributed by atoms with E-state index in [9.17, 15) is 18.0 Å². The number of amides is 3. The molecule has 4 N–H and O–H groups in total. The number of nitrogens with one attached hydrogen (secondary N) is 4. The number of urea groups is 1. The Balaban J connectivity index is 2.17. The Kier molecular flexibility index (Phi) is 6.18. The van der Waals surface area contributed by atoms with Crippen molar-refractivity contribution in [2.24, 2.45) is 0 Å². The summed E-state index contributed by atoms with van der Waals surface area (Å²) in [5.41, 5.74) is 1.33. The summed E-state index contributed by atoms with van der Waals surface area (Å²) in [4.78, 5) is 24.1. The summed E-state index contributed by atoms with van der Waals surface area (Å²) in [6, 6.07) is 12.5. The van der Waals surface area contributed by atoms with E-state index in [0.29, 0.717) is 17.9 Å². The average molecular weight is 376 g/mol. The van der Waals surface area contributed by atoms with Gasteiger partial charge in [0.2, 0.25) is 10.0 Å². The fourth-order valence-corrected chi connectivity index (χ4v) is 2.76. The van der Waals surface area contributed by atoms with Gasteiger partial charge in [-0.2, -0.15) is 0 Å². The van der Waals surface area contributed by atoms with E-state index in [4.69, 9.17) is 0 Å². The number of para-hydroxylation sites is 1. The van der Waals surface area contributed by atoms with E-state index in [1.807, 2.05) is 0 Å². The van der Waals surface area contributed by atoms with Gasteiger partial charge in [0, 0.05) is 17.9 Å². The summed E-state index contributed by atoms with van der Waals surface area (Å²) >= 11 is 0. The lowest BCUT2D eigenvalue weighted by atomic mass is 10.1. The topological polar surface area (TPSA) is 116 Å². The van der Waals surface area contributed by atoms with Crippen LogP contribution in [0, 0.1) is 0 Å². The van der Waals surface area contributed by atoms with Gasteiger partial charge in [-0.25, -0.2) is 13.2 Å². The number of hydrogen-bond acceptors (Lipinski definition) is 4. The van der Waals surface area contributed by atoms with Crippen LogP contribution in [0.25, 0.3) is 0 Å². The molecule has 9 heteroatoms. The number of anilines is 3. The van der Waals surface area contributed by atoms with Gasteiger partial charge in [0.1, 0.15) is 0 Å². The Bertz CT molecular complexity index is 912. The molecule has 0 saturated heterocycles. The van der Waals surface area contributed by atoms with Gasteiger partial charge in [0.25, 0.3) is 5.91 Å². The largest absolute Gasteiger partial charge is 0.338 e. The van der Waals surface area contributed by atoms with E-state index in [1.54, 1.807) is 43.3 Å². The van der Waals surface area contributed by atoms with Crippen molar-refractivity contribution in [1.29, 1.82) is 0 Å². The molecule has 0 saturated carbocycles. The van der Waals surface area contributed by atoms with Crippen molar-refractivity contribution in [3.63, 3.8) is 0 Å². The Hall–Kier alpha value is -3.07. The molecule has 0 heterocycles. The first-order valence-corrected chi connectivity index (χ1v) is 9.70. The first kappa shape index (κ1) is 19.3. The number of carbonyl (C=O) groups is 2. The summed E-state index contributed by atoms with van der Waals surface area (Å²) in [5.74, 6) is -0.480. The van der Waals surface area contributed by atoms with Crippen molar-refractivity contribution in [3.8, 4) is 0 Å². The van der Waals surface area contributed by atoms with Crippen LogP contribution in [-0.2, 0) is 10.0 Å². The zero-order valence-electron chi connectivity index (χ0n) is 14.4. The minimum atomic E-state index is -3.52. The zero-order chi connectivity index (χ0) is 19.2. The fourth-order valence-electron chi connectivity index (χ4n) is 2.18. The molecule has 0 atom stereocenters. The molecule has 0 radical (unpaired) electrons. The summed E-state index contributed by atoms with van der Waals surface area (Å²) in [7, 11) is -3.52. The number of rotatable bonds is 6. The van der Waals surface area contributed by atoms with Gasteiger partial charge < -0.3 is 16.0 Å². The summed E-state index contributed by atoms with van der Waals surface area (Å²) in [6.45, 7) is 2.30. The van der Waals surface area contributed by atoms with E-state index < -0.39 is 15.9 Å². The average Bonchev–Trinajstić information content (AvgIpc) is 2.54. The Morgan fingerprint density at radius 2 is 1.62 bits per heavy atom. The number of benzene rings is 2. The summed E-state index contributed by atoms with van der Waals surface area (Å²) in [6.07, 6.45) is 1.01. The van der Waals surface area contributed by atoms with Gasteiger partial charge in [0.05, 0.1) is 17.5 Å². The molecule has 3 amide bonds. The smallest absolute Gasteiger partial charge is 0.319 e. The maximum Gasteiger partial charge on any atom is 0.319 e. The molecule has 0 bridgehead atoms. The van der Waals surface area contributed by atoms with Gasteiger partial charge in [-0.15, -0.1) is 0 Å². The molecule has 0 spiro atoms. The van der Waals surface area contributed by atoms with Crippen LogP contribution in [0.3, 0.4) is 0 Å². The van der Waals surface area contributed by atoms with Gasteiger partial charge in [-0.3, -0.25) is 9.52 Å². The lowest BCUT2D eigenvalue weighted by Crippen LogP contribution is -2.28. The fraction of sp³-hybridized carbons (Fsp3) is 0.176. The third-order valence-electron chi connectivity index (χ3n) is 3.18. The van der Waals surface area contributed by atoms with Crippen LogP contribution in [0.15, 0.2) is 48.5 Å². The molecule has 138 valence electrons.